The number of nitrogens with one attached hydrogen (secondary N) is 3. The van der Waals surface area contributed by atoms with Gasteiger partial charge >= 0.3 is 6.03 Å². The molecule has 3 amide bonds. The van der Waals surface area contributed by atoms with Crippen molar-refractivity contribution in [2.24, 2.45) is 0 Å². The summed E-state index contributed by atoms with van der Waals surface area (Å²) in [5, 5.41) is 5.36. The largest absolute Gasteiger partial charge is 0.497 e. The minimum absolute atomic E-state index is 0.201. The summed E-state index contributed by atoms with van der Waals surface area (Å²) in [6.07, 6.45) is 4.34. The van der Waals surface area contributed by atoms with Crippen molar-refractivity contribution < 1.29 is 19.2 Å². The molecule has 7 heteroatoms. The highest BCUT2D eigenvalue weighted by atomic mass is 16.5. The zero-order valence-electron chi connectivity index (χ0n) is 15.4. The molecule has 0 aromatic heterocycles. The highest BCUT2D eigenvalue weighted by molar-refractivity contribution is 5.94. The maximum Gasteiger partial charge on any atom is 0.321 e. The van der Waals surface area contributed by atoms with Gasteiger partial charge < -0.3 is 19.9 Å². The monoisotopic (exact) mass is 361 g/mol. The fourth-order valence-corrected chi connectivity index (χ4v) is 3.74. The van der Waals surface area contributed by atoms with Crippen molar-refractivity contribution in [2.45, 2.75) is 31.7 Å². The van der Waals surface area contributed by atoms with Gasteiger partial charge in [0.05, 0.1) is 33.3 Å². The van der Waals surface area contributed by atoms with Gasteiger partial charge in [-0.2, -0.15) is 0 Å². The van der Waals surface area contributed by atoms with E-state index in [1.165, 1.54) is 10.6 Å². The zero-order chi connectivity index (χ0) is 18.4. The van der Waals surface area contributed by atoms with Gasteiger partial charge in [-0.3, -0.25) is 10.1 Å². The number of methoxy groups -OCH3 is 1. The lowest BCUT2D eigenvalue weighted by molar-refractivity contribution is -0.892. The summed E-state index contributed by atoms with van der Waals surface area (Å²) >= 11 is 0. The molecule has 26 heavy (non-hydrogen) atoms. The smallest absolute Gasteiger partial charge is 0.321 e. The van der Waals surface area contributed by atoms with Gasteiger partial charge in [-0.05, 0) is 37.1 Å². The molecular formula is C19H29N4O3+. The third-order valence-corrected chi connectivity index (χ3v) is 5.26. The highest BCUT2D eigenvalue weighted by Crippen LogP contribution is 2.19. The quantitative estimate of drug-likeness (QED) is 0.699. The number of rotatable bonds is 5. The Morgan fingerprint density at radius 2 is 1.81 bits per heavy atom. The van der Waals surface area contributed by atoms with Crippen LogP contribution in [0.2, 0.25) is 0 Å². The number of quaternary nitrogens is 1. The minimum Gasteiger partial charge on any atom is -0.497 e. The van der Waals surface area contributed by atoms with Gasteiger partial charge in [-0.15, -0.1) is 0 Å². The van der Waals surface area contributed by atoms with Crippen LogP contribution in [-0.2, 0) is 4.79 Å². The van der Waals surface area contributed by atoms with Gasteiger partial charge in [-0.25, -0.2) is 4.79 Å². The number of carbonyl (C=O) groups excluding carboxylic acids is 2. The Hall–Kier alpha value is -2.28. The summed E-state index contributed by atoms with van der Waals surface area (Å²) in [6, 6.07) is 7.92. The molecule has 0 bridgehead atoms. The summed E-state index contributed by atoms with van der Waals surface area (Å²) in [5.74, 6) is 0.652. The molecular weight excluding hydrogens is 332 g/mol. The molecule has 1 heterocycles. The summed E-state index contributed by atoms with van der Waals surface area (Å²) in [4.78, 5) is 27.5. The Bertz CT molecular complexity index is 606. The van der Waals surface area contributed by atoms with Gasteiger partial charge in [0.1, 0.15) is 5.75 Å². The van der Waals surface area contributed by atoms with E-state index in [-0.39, 0.29) is 18.0 Å². The summed E-state index contributed by atoms with van der Waals surface area (Å²) in [6.45, 7) is 3.88. The lowest BCUT2D eigenvalue weighted by Gasteiger charge is -2.33. The van der Waals surface area contributed by atoms with Gasteiger partial charge in [0.25, 0.3) is 5.91 Å². The predicted octanol–water partition coefficient (Wildman–Crippen LogP) is 0.169. The van der Waals surface area contributed by atoms with Gasteiger partial charge in [0.15, 0.2) is 6.54 Å². The van der Waals surface area contributed by atoms with E-state index in [1.807, 2.05) is 12.1 Å². The fraction of sp³-hybridized carbons (Fsp3) is 0.579. The van der Waals surface area contributed by atoms with E-state index in [9.17, 15) is 9.59 Å². The number of carbonyl (C=O) groups is 2. The molecule has 3 N–H and O–H groups in total. The number of piperazine rings is 1. The van der Waals surface area contributed by atoms with E-state index < -0.39 is 0 Å². The average molecular weight is 361 g/mol. The van der Waals surface area contributed by atoms with Crippen molar-refractivity contribution >= 4 is 17.6 Å². The lowest BCUT2D eigenvalue weighted by Crippen LogP contribution is -3.16. The molecule has 0 unspecified atom stereocenters. The van der Waals surface area contributed by atoms with E-state index in [2.05, 4.69) is 27.7 Å². The molecule has 142 valence electrons. The van der Waals surface area contributed by atoms with E-state index in [0.717, 1.165) is 57.6 Å². The van der Waals surface area contributed by atoms with Crippen LogP contribution in [0.3, 0.4) is 0 Å². The topological polar surface area (TPSA) is 75.1 Å². The molecule has 0 radical (unpaired) electrons. The molecule has 2 aliphatic rings. The third kappa shape index (κ3) is 5.11. The summed E-state index contributed by atoms with van der Waals surface area (Å²) < 4.78 is 5.19. The van der Waals surface area contributed by atoms with Crippen LogP contribution in [0, 0.1) is 0 Å². The standard InChI is InChI=1S/C19H28N4O3/c1-26-17-8-6-16(7-9-17)23-12-10-22(11-13-23)14-18(24)21-19(25)20-15-4-2-3-5-15/h6-9,15H,2-5,10-14H2,1H3,(H2,20,21,24,25)/p+1. The SMILES string of the molecule is COc1ccc(N2CC[NH+](CC(=O)NC(=O)NC3CCCC3)CC2)cc1. The van der Waals surface area contributed by atoms with Crippen LogP contribution in [0.15, 0.2) is 24.3 Å². The molecule has 1 aromatic rings. The summed E-state index contributed by atoms with van der Waals surface area (Å²) in [7, 11) is 1.66. The maximum atomic E-state index is 12.1. The number of imide groups is 1. The third-order valence-electron chi connectivity index (χ3n) is 5.26. The number of anilines is 1. The molecule has 2 fully saturated rings. The molecule has 0 atom stereocenters. The lowest BCUT2D eigenvalue weighted by atomic mass is 10.2. The number of ether oxygens (including phenoxy) is 1. The number of amides is 3. The van der Waals surface area contributed by atoms with Crippen LogP contribution in [0.1, 0.15) is 25.7 Å². The van der Waals surface area contributed by atoms with Crippen molar-refractivity contribution in [3.05, 3.63) is 24.3 Å². The second-order valence-electron chi connectivity index (χ2n) is 7.11. The Morgan fingerprint density at radius 1 is 1.15 bits per heavy atom. The maximum absolute atomic E-state index is 12.1. The fourth-order valence-electron chi connectivity index (χ4n) is 3.74. The van der Waals surface area contributed by atoms with Crippen molar-refractivity contribution in [1.82, 2.24) is 10.6 Å². The van der Waals surface area contributed by atoms with Crippen LogP contribution >= 0.6 is 0 Å². The Kier molecular flexibility index (Phi) is 6.33. The Morgan fingerprint density at radius 3 is 2.42 bits per heavy atom. The molecule has 1 aromatic carbocycles. The van der Waals surface area contributed by atoms with Gasteiger partial charge in [-0.1, -0.05) is 12.8 Å². The van der Waals surface area contributed by atoms with Crippen molar-refractivity contribution in [2.75, 3.05) is 44.7 Å². The second-order valence-corrected chi connectivity index (χ2v) is 7.11. The van der Waals surface area contributed by atoms with Crippen LogP contribution in [-0.4, -0.2) is 57.8 Å². The number of nitrogens with zero attached hydrogens (tertiary/aromatic N) is 1. The molecule has 1 aliphatic carbocycles. The number of urea groups is 1. The second kappa shape index (κ2) is 8.89. The van der Waals surface area contributed by atoms with Gasteiger partial charge in [0, 0.05) is 11.7 Å². The first-order valence-corrected chi connectivity index (χ1v) is 9.47. The molecule has 1 aliphatic heterocycles. The normalized spacial score (nSPS) is 18.6. The Balaban J connectivity index is 1.38. The van der Waals surface area contributed by atoms with E-state index in [4.69, 9.17) is 4.74 Å². The van der Waals surface area contributed by atoms with Crippen LogP contribution < -0.4 is 25.2 Å². The van der Waals surface area contributed by atoms with Gasteiger partial charge in [0.2, 0.25) is 0 Å². The van der Waals surface area contributed by atoms with Crippen molar-refractivity contribution in [1.29, 1.82) is 0 Å². The van der Waals surface area contributed by atoms with E-state index in [0.29, 0.717) is 6.54 Å². The van der Waals surface area contributed by atoms with Crippen molar-refractivity contribution in [3.8, 4) is 5.75 Å². The summed E-state index contributed by atoms with van der Waals surface area (Å²) in [5.41, 5.74) is 1.17. The molecule has 7 nitrogen and oxygen atoms in total. The molecule has 0 spiro atoms. The molecule has 1 saturated heterocycles. The average Bonchev–Trinajstić information content (AvgIpc) is 3.15. The molecule has 1 saturated carbocycles. The minimum atomic E-state index is -0.349. The first kappa shape index (κ1) is 18.5. The molecule has 3 rings (SSSR count). The van der Waals surface area contributed by atoms with E-state index in [1.54, 1.807) is 7.11 Å². The first-order chi connectivity index (χ1) is 12.6. The Labute approximate surface area is 154 Å². The number of hydrogen-bond acceptors (Lipinski definition) is 4. The predicted molar refractivity (Wildman–Crippen MR) is 99.7 cm³/mol. The van der Waals surface area contributed by atoms with Crippen LogP contribution in [0.5, 0.6) is 5.75 Å². The van der Waals surface area contributed by atoms with Crippen molar-refractivity contribution in [3.63, 3.8) is 0 Å². The van der Waals surface area contributed by atoms with E-state index >= 15 is 0 Å². The van der Waals surface area contributed by atoms with Crippen LogP contribution in [0.25, 0.3) is 0 Å². The number of hydrogen-bond donors (Lipinski definition) is 3. The zero-order valence-corrected chi connectivity index (χ0v) is 15.4. The first-order valence-electron chi connectivity index (χ1n) is 9.47. The highest BCUT2D eigenvalue weighted by Gasteiger charge is 2.24. The number of benzene rings is 1. The van der Waals surface area contributed by atoms with Crippen LogP contribution in [0.4, 0.5) is 10.5 Å².